The monoisotopic (exact) mass is 227 g/mol. The number of hydrogen-bond donors (Lipinski definition) is 2. The minimum absolute atomic E-state index is 0.0670. The number of nitrogens with one attached hydrogen (secondary N) is 1. The Morgan fingerprint density at radius 2 is 2.00 bits per heavy atom. The van der Waals surface area contributed by atoms with Crippen LogP contribution in [0.25, 0.3) is 10.9 Å². The van der Waals surface area contributed by atoms with Gasteiger partial charge in [0.1, 0.15) is 5.82 Å². The van der Waals surface area contributed by atoms with Crippen molar-refractivity contribution in [3.8, 4) is 0 Å². The van der Waals surface area contributed by atoms with Gasteiger partial charge in [0.25, 0.3) is 0 Å². The summed E-state index contributed by atoms with van der Waals surface area (Å²) >= 11 is 0. The van der Waals surface area contributed by atoms with E-state index in [9.17, 15) is 18.3 Å². The number of hydrogen-bond acceptors (Lipinski definition) is 1. The Morgan fingerprint density at radius 3 is 2.75 bits per heavy atom. The number of rotatable bonds is 0. The largest absolute Gasteiger partial charge is 0.388 e. The molecule has 1 aromatic heterocycles. The standard InChI is InChI=1S/C11H8F3NO/c12-4-3-5(13)11-9(10(4)14)8-6(15-11)1-2-7(8)16/h3,7,15-16H,1-2H2. The van der Waals surface area contributed by atoms with Gasteiger partial charge in [0, 0.05) is 22.7 Å². The predicted octanol–water partition coefficient (Wildman–Crippen LogP) is 2.56. The van der Waals surface area contributed by atoms with Gasteiger partial charge in [-0.2, -0.15) is 0 Å². The maximum Gasteiger partial charge on any atom is 0.168 e. The second-order valence-corrected chi connectivity index (χ2v) is 3.98. The van der Waals surface area contributed by atoms with Gasteiger partial charge in [0.15, 0.2) is 11.6 Å². The van der Waals surface area contributed by atoms with Gasteiger partial charge in [-0.05, 0) is 12.8 Å². The molecule has 2 aromatic rings. The summed E-state index contributed by atoms with van der Waals surface area (Å²) in [6.45, 7) is 0. The van der Waals surface area contributed by atoms with E-state index in [1.54, 1.807) is 0 Å². The minimum Gasteiger partial charge on any atom is -0.388 e. The summed E-state index contributed by atoms with van der Waals surface area (Å²) in [6.07, 6.45) is 0.125. The zero-order valence-corrected chi connectivity index (χ0v) is 8.15. The van der Waals surface area contributed by atoms with Crippen molar-refractivity contribution in [3.63, 3.8) is 0 Å². The SMILES string of the molecule is OC1CCc2[nH]c3c(F)cc(F)c(F)c3c21. The van der Waals surface area contributed by atoms with Crippen LogP contribution in [0.2, 0.25) is 0 Å². The highest BCUT2D eigenvalue weighted by molar-refractivity contribution is 5.87. The molecular formula is C11H8F3NO. The Hall–Kier alpha value is -1.49. The zero-order valence-electron chi connectivity index (χ0n) is 8.15. The number of aromatic amines is 1. The molecule has 1 atom stereocenters. The molecule has 0 fully saturated rings. The number of aromatic nitrogens is 1. The lowest BCUT2D eigenvalue weighted by molar-refractivity contribution is 0.181. The van der Waals surface area contributed by atoms with Gasteiger partial charge in [0.05, 0.1) is 11.6 Å². The van der Waals surface area contributed by atoms with Crippen molar-refractivity contribution in [2.24, 2.45) is 0 Å². The van der Waals surface area contributed by atoms with E-state index in [0.29, 0.717) is 30.2 Å². The number of H-pyrrole nitrogens is 1. The predicted molar refractivity (Wildman–Crippen MR) is 51.5 cm³/mol. The van der Waals surface area contributed by atoms with Gasteiger partial charge < -0.3 is 10.1 Å². The lowest BCUT2D eigenvalue weighted by atomic mass is 10.1. The first-order valence-corrected chi connectivity index (χ1v) is 4.95. The molecule has 16 heavy (non-hydrogen) atoms. The van der Waals surface area contributed by atoms with Crippen LogP contribution >= 0.6 is 0 Å². The Labute approximate surface area is 88.7 Å². The number of benzene rings is 1. The maximum atomic E-state index is 13.6. The molecule has 2 N–H and O–H groups in total. The van der Waals surface area contributed by atoms with E-state index < -0.39 is 23.6 Å². The summed E-state index contributed by atoms with van der Waals surface area (Å²) < 4.78 is 40.0. The highest BCUT2D eigenvalue weighted by Crippen LogP contribution is 2.39. The fourth-order valence-corrected chi connectivity index (χ4v) is 2.33. The number of halogens is 3. The lowest BCUT2D eigenvalue weighted by Gasteiger charge is -2.03. The lowest BCUT2D eigenvalue weighted by Crippen LogP contribution is -1.95. The Morgan fingerprint density at radius 1 is 1.25 bits per heavy atom. The zero-order chi connectivity index (χ0) is 11.4. The first kappa shape index (κ1) is 9.72. The third-order valence-electron chi connectivity index (χ3n) is 3.04. The second-order valence-electron chi connectivity index (χ2n) is 3.98. The van der Waals surface area contributed by atoms with E-state index in [0.717, 1.165) is 0 Å². The first-order valence-electron chi connectivity index (χ1n) is 4.95. The highest BCUT2D eigenvalue weighted by Gasteiger charge is 2.29. The number of fused-ring (bicyclic) bond motifs is 3. The molecule has 0 amide bonds. The molecular weight excluding hydrogens is 219 g/mol. The van der Waals surface area contributed by atoms with Crippen LogP contribution in [0.5, 0.6) is 0 Å². The van der Waals surface area contributed by atoms with Gasteiger partial charge in [-0.15, -0.1) is 0 Å². The third kappa shape index (κ3) is 1.06. The summed E-state index contributed by atoms with van der Waals surface area (Å²) in [5.74, 6) is -3.17. The van der Waals surface area contributed by atoms with E-state index in [2.05, 4.69) is 4.98 Å². The molecule has 0 saturated heterocycles. The molecule has 1 aliphatic carbocycles. The minimum atomic E-state index is -1.23. The molecule has 0 saturated carbocycles. The highest BCUT2D eigenvalue weighted by atomic mass is 19.2. The van der Waals surface area contributed by atoms with Crippen molar-refractivity contribution in [2.45, 2.75) is 18.9 Å². The molecule has 3 rings (SSSR count). The average Bonchev–Trinajstić information content (AvgIpc) is 2.76. The molecule has 1 aromatic carbocycles. The maximum absolute atomic E-state index is 13.6. The van der Waals surface area contributed by atoms with Gasteiger partial charge >= 0.3 is 0 Å². The molecule has 84 valence electrons. The van der Waals surface area contributed by atoms with Crippen molar-refractivity contribution < 1.29 is 18.3 Å². The molecule has 2 nitrogen and oxygen atoms in total. The van der Waals surface area contributed by atoms with Crippen molar-refractivity contribution in [1.82, 2.24) is 4.98 Å². The quantitative estimate of drug-likeness (QED) is 0.666. The van der Waals surface area contributed by atoms with E-state index >= 15 is 0 Å². The van der Waals surface area contributed by atoms with E-state index in [4.69, 9.17) is 0 Å². The first-order chi connectivity index (χ1) is 7.59. The summed E-state index contributed by atoms with van der Waals surface area (Å²) in [5, 5.41) is 9.49. The number of aliphatic hydroxyl groups excluding tert-OH is 1. The fraction of sp³-hybridized carbons (Fsp3) is 0.273. The number of aliphatic hydroxyl groups is 1. The molecule has 0 bridgehead atoms. The molecule has 0 aliphatic heterocycles. The van der Waals surface area contributed by atoms with Crippen molar-refractivity contribution in [2.75, 3.05) is 0 Å². The Balaban J connectivity index is 2.48. The van der Waals surface area contributed by atoms with Crippen LogP contribution < -0.4 is 0 Å². The average molecular weight is 227 g/mol. The second kappa shape index (κ2) is 3.01. The van der Waals surface area contributed by atoms with Crippen molar-refractivity contribution in [1.29, 1.82) is 0 Å². The van der Waals surface area contributed by atoms with Crippen LogP contribution in [0.3, 0.4) is 0 Å². The molecule has 1 aliphatic rings. The van der Waals surface area contributed by atoms with Crippen LogP contribution in [-0.2, 0) is 6.42 Å². The van der Waals surface area contributed by atoms with Crippen LogP contribution in [0, 0.1) is 17.5 Å². The van der Waals surface area contributed by atoms with Gasteiger partial charge in [-0.1, -0.05) is 0 Å². The summed E-state index contributed by atoms with van der Waals surface area (Å²) in [5.41, 5.74) is 0.819. The smallest absolute Gasteiger partial charge is 0.168 e. The van der Waals surface area contributed by atoms with Crippen LogP contribution in [0.15, 0.2) is 6.07 Å². The van der Waals surface area contributed by atoms with Crippen molar-refractivity contribution >= 4 is 10.9 Å². The van der Waals surface area contributed by atoms with E-state index in [1.165, 1.54) is 0 Å². The van der Waals surface area contributed by atoms with Crippen LogP contribution in [0.1, 0.15) is 23.8 Å². The molecule has 1 unspecified atom stereocenters. The molecule has 1 heterocycles. The van der Waals surface area contributed by atoms with E-state index in [1.807, 2.05) is 0 Å². The van der Waals surface area contributed by atoms with Gasteiger partial charge in [-0.25, -0.2) is 13.2 Å². The summed E-state index contributed by atoms with van der Waals surface area (Å²) in [4.78, 5) is 2.70. The topological polar surface area (TPSA) is 36.0 Å². The fourth-order valence-electron chi connectivity index (χ4n) is 2.33. The normalized spacial score (nSPS) is 19.4. The third-order valence-corrected chi connectivity index (χ3v) is 3.04. The number of aryl methyl sites for hydroxylation is 1. The summed E-state index contributed by atoms with van der Waals surface area (Å²) in [7, 11) is 0. The van der Waals surface area contributed by atoms with Crippen molar-refractivity contribution in [3.05, 3.63) is 34.8 Å². The van der Waals surface area contributed by atoms with Gasteiger partial charge in [-0.3, -0.25) is 0 Å². The molecule has 0 spiro atoms. The Bertz CT molecular complexity index is 591. The van der Waals surface area contributed by atoms with Gasteiger partial charge in [0.2, 0.25) is 0 Å². The molecule has 5 heteroatoms. The van der Waals surface area contributed by atoms with E-state index in [-0.39, 0.29) is 10.9 Å². The van der Waals surface area contributed by atoms with Crippen LogP contribution in [-0.4, -0.2) is 10.1 Å². The molecule has 0 radical (unpaired) electrons. The summed E-state index contributed by atoms with van der Waals surface area (Å²) in [6, 6.07) is 0.510. The van der Waals surface area contributed by atoms with Crippen LogP contribution in [0.4, 0.5) is 13.2 Å². The Kier molecular flexibility index (Phi) is 1.83.